The highest BCUT2D eigenvalue weighted by Gasteiger charge is 2.05. The highest BCUT2D eigenvalue weighted by atomic mass is 35.5. The van der Waals surface area contributed by atoms with Crippen LogP contribution in [0.2, 0.25) is 0 Å². The molecule has 0 bridgehead atoms. The second kappa shape index (κ2) is 12.5. The van der Waals surface area contributed by atoms with Crippen molar-refractivity contribution in [2.75, 3.05) is 19.6 Å². The van der Waals surface area contributed by atoms with Crippen LogP contribution in [-0.4, -0.2) is 24.5 Å². The average molecular weight is 341 g/mol. The summed E-state index contributed by atoms with van der Waals surface area (Å²) >= 11 is 0. The van der Waals surface area contributed by atoms with Gasteiger partial charge in [-0.05, 0) is 37.1 Å². The summed E-state index contributed by atoms with van der Waals surface area (Å²) in [6, 6.07) is 21.3. The van der Waals surface area contributed by atoms with Crippen LogP contribution in [0.25, 0.3) is 0 Å². The van der Waals surface area contributed by atoms with Gasteiger partial charge in [0.1, 0.15) is 0 Å². The summed E-state index contributed by atoms with van der Waals surface area (Å²) in [6.45, 7) is 3.92. The largest absolute Gasteiger partial charge is 0.330 e. The molecule has 2 aromatic carbocycles. The summed E-state index contributed by atoms with van der Waals surface area (Å²) in [5, 5.41) is 0. The Balaban J connectivity index is 0.00000220. The Morgan fingerprint density at radius 3 is 1.82 bits per heavy atom. The van der Waals surface area contributed by atoms with Crippen molar-refractivity contribution in [1.82, 2.24) is 4.90 Å². The summed E-state index contributed by atoms with van der Waals surface area (Å²) in [5.74, 6) is 0. The van der Waals surface area contributed by atoms with E-state index < -0.39 is 0 Å². The molecule has 0 aliphatic rings. The lowest BCUT2D eigenvalue weighted by Gasteiger charge is -2.22. The summed E-state index contributed by atoms with van der Waals surface area (Å²) < 4.78 is 0. The van der Waals surface area contributed by atoms with Crippen LogP contribution in [0.5, 0.6) is 0 Å². The normalized spacial score (nSPS) is 9.91. The van der Waals surface area contributed by atoms with E-state index in [0.29, 0.717) is 0 Å². The number of nitrogens with two attached hydrogens (primary N) is 1. The lowest BCUT2D eigenvalue weighted by molar-refractivity contribution is 0.267. The van der Waals surface area contributed by atoms with Gasteiger partial charge >= 0.3 is 0 Å². The quantitative estimate of drug-likeness (QED) is 0.788. The minimum absolute atomic E-state index is 0. The van der Waals surface area contributed by atoms with Gasteiger partial charge in [0.15, 0.2) is 0 Å². The van der Waals surface area contributed by atoms with E-state index in [4.69, 9.17) is 5.73 Å². The lowest BCUT2D eigenvalue weighted by Crippen LogP contribution is -2.28. The third-order valence-corrected chi connectivity index (χ3v) is 3.49. The number of nitrogens with zero attached hydrogens (tertiary/aromatic N) is 1. The maximum Gasteiger partial charge on any atom is 0.0233 e. The highest BCUT2D eigenvalue weighted by Crippen LogP contribution is 2.07. The molecule has 0 aromatic heterocycles. The van der Waals surface area contributed by atoms with Crippen molar-refractivity contribution in [3.8, 4) is 0 Å². The summed E-state index contributed by atoms with van der Waals surface area (Å²) in [6.07, 6.45) is 2.15. The fourth-order valence-electron chi connectivity index (χ4n) is 2.36. The van der Waals surface area contributed by atoms with Gasteiger partial charge in [0, 0.05) is 13.1 Å². The summed E-state index contributed by atoms with van der Waals surface area (Å²) in [5.41, 5.74) is 8.42. The Labute approximate surface area is 146 Å². The summed E-state index contributed by atoms with van der Waals surface area (Å²) in [4.78, 5) is 2.50. The second-order valence-electron chi connectivity index (χ2n) is 5.14. The molecule has 4 heteroatoms. The van der Waals surface area contributed by atoms with Crippen LogP contribution in [0, 0.1) is 0 Å². The van der Waals surface area contributed by atoms with Crippen LogP contribution < -0.4 is 5.73 Å². The molecule has 122 valence electrons. The molecule has 0 atom stereocenters. The first-order valence-electron chi connectivity index (χ1n) is 7.39. The second-order valence-corrected chi connectivity index (χ2v) is 5.14. The molecule has 0 saturated carbocycles. The van der Waals surface area contributed by atoms with Crippen LogP contribution in [0.1, 0.15) is 17.5 Å². The predicted molar refractivity (Wildman–Crippen MR) is 100 cm³/mol. The molecule has 0 spiro atoms. The monoisotopic (exact) mass is 340 g/mol. The molecular weight excluding hydrogens is 315 g/mol. The van der Waals surface area contributed by atoms with Gasteiger partial charge < -0.3 is 5.73 Å². The molecule has 0 aliphatic carbocycles. The fourth-order valence-corrected chi connectivity index (χ4v) is 2.36. The molecule has 0 heterocycles. The standard InChI is InChI=1S/C18H24N2.2ClH/c19-13-7-14-20(16-18-10-5-2-6-11-18)15-12-17-8-3-1-4-9-17;;/h1-6,8-11H,7,12-16,19H2;2*1H. The Morgan fingerprint density at radius 1 is 0.727 bits per heavy atom. The zero-order valence-corrected chi connectivity index (χ0v) is 14.5. The van der Waals surface area contributed by atoms with Crippen LogP contribution in [0.3, 0.4) is 0 Å². The molecule has 0 radical (unpaired) electrons. The van der Waals surface area contributed by atoms with E-state index in [2.05, 4.69) is 65.6 Å². The van der Waals surface area contributed by atoms with Crippen LogP contribution in [-0.2, 0) is 13.0 Å². The minimum Gasteiger partial charge on any atom is -0.330 e. The van der Waals surface area contributed by atoms with E-state index in [1.165, 1.54) is 11.1 Å². The summed E-state index contributed by atoms with van der Waals surface area (Å²) in [7, 11) is 0. The zero-order valence-electron chi connectivity index (χ0n) is 12.9. The molecule has 0 saturated heterocycles. The van der Waals surface area contributed by atoms with Crippen LogP contribution in [0.4, 0.5) is 0 Å². The van der Waals surface area contributed by atoms with Crippen LogP contribution in [0.15, 0.2) is 60.7 Å². The van der Waals surface area contributed by atoms with E-state index in [9.17, 15) is 0 Å². The van der Waals surface area contributed by atoms with Gasteiger partial charge in [-0.15, -0.1) is 24.8 Å². The molecule has 22 heavy (non-hydrogen) atoms. The third-order valence-electron chi connectivity index (χ3n) is 3.49. The Kier molecular flexibility index (Phi) is 11.9. The lowest BCUT2D eigenvalue weighted by atomic mass is 10.1. The Morgan fingerprint density at radius 2 is 1.27 bits per heavy atom. The molecule has 0 unspecified atom stereocenters. The number of halogens is 2. The highest BCUT2D eigenvalue weighted by molar-refractivity contribution is 5.85. The smallest absolute Gasteiger partial charge is 0.0233 e. The molecule has 0 fully saturated rings. The first-order valence-corrected chi connectivity index (χ1v) is 7.39. The first-order chi connectivity index (χ1) is 9.88. The SMILES string of the molecule is Cl.Cl.NCCCN(CCc1ccccc1)Cc1ccccc1. The molecule has 2 nitrogen and oxygen atoms in total. The van der Waals surface area contributed by atoms with E-state index in [1.54, 1.807) is 0 Å². The van der Waals surface area contributed by atoms with Crippen molar-refractivity contribution in [1.29, 1.82) is 0 Å². The van der Waals surface area contributed by atoms with Crippen LogP contribution >= 0.6 is 24.8 Å². The van der Waals surface area contributed by atoms with E-state index in [1.807, 2.05) is 0 Å². The Hall–Kier alpha value is -1.06. The number of hydrogen-bond donors (Lipinski definition) is 1. The van der Waals surface area contributed by atoms with Gasteiger partial charge in [-0.25, -0.2) is 0 Å². The first kappa shape index (κ1) is 20.9. The van der Waals surface area contributed by atoms with Gasteiger partial charge in [-0.3, -0.25) is 4.90 Å². The fraction of sp³-hybridized carbons (Fsp3) is 0.333. The molecule has 2 rings (SSSR count). The van der Waals surface area contributed by atoms with E-state index >= 15 is 0 Å². The molecular formula is C18H26Cl2N2. The van der Waals surface area contributed by atoms with Crippen molar-refractivity contribution < 1.29 is 0 Å². The number of hydrogen-bond acceptors (Lipinski definition) is 2. The minimum atomic E-state index is 0. The van der Waals surface area contributed by atoms with Gasteiger partial charge in [0.2, 0.25) is 0 Å². The zero-order chi connectivity index (χ0) is 14.0. The Bertz CT molecular complexity index is 477. The van der Waals surface area contributed by atoms with Gasteiger partial charge in [0.05, 0.1) is 0 Å². The van der Waals surface area contributed by atoms with Crippen molar-refractivity contribution in [3.63, 3.8) is 0 Å². The average Bonchev–Trinajstić information content (AvgIpc) is 2.52. The topological polar surface area (TPSA) is 29.3 Å². The van der Waals surface area contributed by atoms with Crippen molar-refractivity contribution in [2.24, 2.45) is 5.73 Å². The van der Waals surface area contributed by atoms with Crippen molar-refractivity contribution >= 4 is 24.8 Å². The third kappa shape index (κ3) is 7.81. The maximum absolute atomic E-state index is 5.65. The molecule has 2 N–H and O–H groups in total. The van der Waals surface area contributed by atoms with Gasteiger partial charge in [-0.1, -0.05) is 60.7 Å². The van der Waals surface area contributed by atoms with Gasteiger partial charge in [0.25, 0.3) is 0 Å². The van der Waals surface area contributed by atoms with E-state index in [0.717, 1.165) is 39.0 Å². The number of benzene rings is 2. The number of rotatable bonds is 8. The molecule has 0 aliphatic heterocycles. The predicted octanol–water partition coefficient (Wildman–Crippen LogP) is 3.92. The molecule has 2 aromatic rings. The van der Waals surface area contributed by atoms with E-state index in [-0.39, 0.29) is 24.8 Å². The maximum atomic E-state index is 5.65. The van der Waals surface area contributed by atoms with Gasteiger partial charge in [-0.2, -0.15) is 0 Å². The molecule has 0 amide bonds. The van der Waals surface area contributed by atoms with Crippen molar-refractivity contribution in [2.45, 2.75) is 19.4 Å². The van der Waals surface area contributed by atoms with Crippen molar-refractivity contribution in [3.05, 3.63) is 71.8 Å².